The summed E-state index contributed by atoms with van der Waals surface area (Å²) in [4.78, 5) is 16.0. The number of alkyl halides is 3. The van der Waals surface area contributed by atoms with Crippen molar-refractivity contribution in [3.63, 3.8) is 0 Å². The monoisotopic (exact) mass is 322 g/mol. The lowest BCUT2D eigenvalue weighted by Gasteiger charge is -2.12. The Hall–Kier alpha value is -3.03. The minimum Gasteiger partial charge on any atom is -0.506 e. The number of nitrogens with zero attached hydrogens (tertiary/aromatic N) is 2. The Kier molecular flexibility index (Phi) is 3.24. The second-order valence-corrected chi connectivity index (χ2v) is 4.79. The van der Waals surface area contributed by atoms with Gasteiger partial charge < -0.3 is 10.3 Å². The third-order valence-corrected chi connectivity index (χ3v) is 3.36. The maximum Gasteiger partial charge on any atom is 0.416 e. The lowest BCUT2D eigenvalue weighted by molar-refractivity contribution is -0.137. The van der Waals surface area contributed by atoms with Gasteiger partial charge in [-0.1, -0.05) is 12.1 Å². The van der Waals surface area contributed by atoms with Crippen molar-refractivity contribution >= 4 is 11.0 Å². The first-order valence-electron chi connectivity index (χ1n) is 6.40. The number of fused-ring (bicyclic) bond motifs is 1. The number of halogens is 3. The zero-order valence-electron chi connectivity index (χ0n) is 11.4. The molecule has 0 amide bonds. The molecule has 0 radical (unpaired) electrons. The van der Waals surface area contributed by atoms with E-state index in [2.05, 4.69) is 4.98 Å². The van der Waals surface area contributed by atoms with Gasteiger partial charge in [-0.05, 0) is 29.8 Å². The smallest absolute Gasteiger partial charge is 0.416 e. The first-order valence-corrected chi connectivity index (χ1v) is 6.40. The van der Waals surface area contributed by atoms with Gasteiger partial charge in [0.25, 0.3) is 5.56 Å². The summed E-state index contributed by atoms with van der Waals surface area (Å²) < 4.78 is 38.6. The van der Waals surface area contributed by atoms with Gasteiger partial charge in [-0.2, -0.15) is 13.2 Å². The summed E-state index contributed by atoms with van der Waals surface area (Å²) in [5, 5.41) is 20.2. The Balaban J connectivity index is 2.36. The van der Waals surface area contributed by atoms with Crippen molar-refractivity contribution in [2.24, 2.45) is 0 Å². The van der Waals surface area contributed by atoms with Crippen molar-refractivity contribution in [3.8, 4) is 16.9 Å². The van der Waals surface area contributed by atoms with E-state index in [9.17, 15) is 28.3 Å². The molecule has 0 aliphatic carbocycles. The van der Waals surface area contributed by atoms with Gasteiger partial charge in [0.15, 0.2) is 5.65 Å². The number of pyridine rings is 2. The summed E-state index contributed by atoms with van der Waals surface area (Å²) in [7, 11) is 0. The molecule has 8 heteroatoms. The molecule has 0 aliphatic heterocycles. The predicted octanol–water partition coefficient (Wildman–Crippen LogP) is 3.03. The van der Waals surface area contributed by atoms with Crippen LogP contribution in [-0.2, 0) is 6.18 Å². The molecule has 2 heterocycles. The number of hydrogen-bond acceptors (Lipinski definition) is 4. The van der Waals surface area contributed by atoms with E-state index in [1.54, 1.807) is 0 Å². The average Bonchev–Trinajstić information content (AvgIpc) is 2.52. The van der Waals surface area contributed by atoms with Crippen molar-refractivity contribution in [1.29, 1.82) is 0 Å². The van der Waals surface area contributed by atoms with E-state index in [1.807, 2.05) is 0 Å². The molecule has 118 valence electrons. The highest BCUT2D eigenvalue weighted by molar-refractivity contribution is 5.89. The number of aromatic hydroxyl groups is 1. The molecule has 0 atom stereocenters. The highest BCUT2D eigenvalue weighted by Gasteiger charge is 2.31. The topological polar surface area (TPSA) is 75.3 Å². The molecule has 2 N–H and O–H groups in total. The lowest BCUT2D eigenvalue weighted by Crippen LogP contribution is -2.21. The van der Waals surface area contributed by atoms with E-state index < -0.39 is 28.6 Å². The van der Waals surface area contributed by atoms with Crippen LogP contribution in [-0.4, -0.2) is 20.0 Å². The van der Waals surface area contributed by atoms with Crippen molar-refractivity contribution in [1.82, 2.24) is 9.71 Å². The van der Waals surface area contributed by atoms with Gasteiger partial charge in [0.2, 0.25) is 0 Å². The van der Waals surface area contributed by atoms with E-state index in [4.69, 9.17) is 0 Å². The van der Waals surface area contributed by atoms with E-state index in [0.717, 1.165) is 18.2 Å². The molecule has 0 bridgehead atoms. The normalized spacial score (nSPS) is 11.8. The summed E-state index contributed by atoms with van der Waals surface area (Å²) in [5.41, 5.74) is -2.81. The zero-order chi connectivity index (χ0) is 16.8. The third-order valence-electron chi connectivity index (χ3n) is 3.36. The summed E-state index contributed by atoms with van der Waals surface area (Å²) in [6.45, 7) is 0. The lowest BCUT2D eigenvalue weighted by atomic mass is 10.0. The summed E-state index contributed by atoms with van der Waals surface area (Å²) in [6, 6.07) is 6.79. The molecule has 3 rings (SSSR count). The Bertz CT molecular complexity index is 964. The molecule has 23 heavy (non-hydrogen) atoms. The van der Waals surface area contributed by atoms with E-state index in [1.165, 1.54) is 24.4 Å². The standard InChI is InChI=1S/C15H9F3N2O3/c16-15(17,18)9-4-1-3-8(7-9)11-12(21)10-5-2-6-19-13(10)20(23)14(11)22/h1-7,21,23H. The van der Waals surface area contributed by atoms with Crippen LogP contribution in [0.15, 0.2) is 47.4 Å². The van der Waals surface area contributed by atoms with E-state index in [-0.39, 0.29) is 21.3 Å². The van der Waals surface area contributed by atoms with Crippen molar-refractivity contribution in [3.05, 3.63) is 58.5 Å². The quantitative estimate of drug-likeness (QED) is 0.675. The summed E-state index contributed by atoms with van der Waals surface area (Å²) in [6.07, 6.45) is -3.29. The second-order valence-electron chi connectivity index (χ2n) is 4.79. The molecule has 0 saturated heterocycles. The minimum atomic E-state index is -4.59. The molecule has 5 nitrogen and oxygen atoms in total. The fraction of sp³-hybridized carbons (Fsp3) is 0.0667. The molecule has 1 aromatic carbocycles. The molecule has 0 saturated carbocycles. The van der Waals surface area contributed by atoms with Crippen molar-refractivity contribution in [2.75, 3.05) is 0 Å². The molecule has 3 aromatic rings. The highest BCUT2D eigenvalue weighted by atomic mass is 19.4. The largest absolute Gasteiger partial charge is 0.506 e. The van der Waals surface area contributed by atoms with Gasteiger partial charge in [0, 0.05) is 6.20 Å². The molecular weight excluding hydrogens is 313 g/mol. The van der Waals surface area contributed by atoms with Crippen LogP contribution in [0.25, 0.3) is 22.2 Å². The van der Waals surface area contributed by atoms with Crippen LogP contribution in [0.4, 0.5) is 13.2 Å². The van der Waals surface area contributed by atoms with Gasteiger partial charge in [-0.15, -0.1) is 4.73 Å². The average molecular weight is 322 g/mol. The Morgan fingerprint density at radius 1 is 1.13 bits per heavy atom. The van der Waals surface area contributed by atoms with Gasteiger partial charge in [-0.3, -0.25) is 4.79 Å². The zero-order valence-corrected chi connectivity index (χ0v) is 11.4. The fourth-order valence-electron chi connectivity index (χ4n) is 2.30. The van der Waals surface area contributed by atoms with Gasteiger partial charge in [-0.25, -0.2) is 4.98 Å². The second kappa shape index (κ2) is 5.01. The minimum absolute atomic E-state index is 0.0435. The maximum atomic E-state index is 12.8. The third kappa shape index (κ3) is 2.37. The highest BCUT2D eigenvalue weighted by Crippen LogP contribution is 2.35. The molecule has 0 fully saturated rings. The Morgan fingerprint density at radius 2 is 1.87 bits per heavy atom. The molecule has 0 aliphatic rings. The maximum absolute atomic E-state index is 12.8. The van der Waals surface area contributed by atoms with Crippen LogP contribution in [0.2, 0.25) is 0 Å². The predicted molar refractivity (Wildman–Crippen MR) is 75.3 cm³/mol. The van der Waals surface area contributed by atoms with Gasteiger partial charge in [0.1, 0.15) is 5.75 Å². The molecular formula is C15H9F3N2O3. The summed E-state index contributed by atoms with van der Waals surface area (Å²) in [5.74, 6) is -0.539. The molecule has 2 aromatic heterocycles. The molecule has 0 spiro atoms. The number of hydrogen-bond donors (Lipinski definition) is 2. The first-order chi connectivity index (χ1) is 10.8. The fourth-order valence-corrected chi connectivity index (χ4v) is 2.30. The number of rotatable bonds is 1. The van der Waals surface area contributed by atoms with Gasteiger partial charge in [0.05, 0.1) is 16.5 Å². The number of aromatic nitrogens is 2. The molecule has 0 unspecified atom stereocenters. The van der Waals surface area contributed by atoms with Crippen LogP contribution in [0, 0.1) is 0 Å². The van der Waals surface area contributed by atoms with Crippen molar-refractivity contribution in [2.45, 2.75) is 6.18 Å². The van der Waals surface area contributed by atoms with Crippen LogP contribution in [0.1, 0.15) is 5.56 Å². The first kappa shape index (κ1) is 14.9. The SMILES string of the molecule is O=c1c(-c2cccc(C(F)(F)F)c2)c(O)c2cccnc2n1O. The van der Waals surface area contributed by atoms with Crippen molar-refractivity contribution < 1.29 is 23.5 Å². The number of benzene rings is 1. The van der Waals surface area contributed by atoms with Crippen LogP contribution in [0.5, 0.6) is 5.75 Å². The Morgan fingerprint density at radius 3 is 2.57 bits per heavy atom. The van der Waals surface area contributed by atoms with Crippen LogP contribution < -0.4 is 5.56 Å². The van der Waals surface area contributed by atoms with Crippen LogP contribution in [0.3, 0.4) is 0 Å². The van der Waals surface area contributed by atoms with Crippen LogP contribution >= 0.6 is 0 Å². The summed E-state index contributed by atoms with van der Waals surface area (Å²) >= 11 is 0. The Labute approximate surface area is 126 Å². The van der Waals surface area contributed by atoms with E-state index in [0.29, 0.717) is 0 Å². The van der Waals surface area contributed by atoms with Gasteiger partial charge >= 0.3 is 6.18 Å². The van der Waals surface area contributed by atoms with E-state index >= 15 is 0 Å².